The zero-order valence-corrected chi connectivity index (χ0v) is 14.4. The van der Waals surface area contributed by atoms with Crippen molar-refractivity contribution in [2.75, 3.05) is 0 Å². The van der Waals surface area contributed by atoms with Crippen LogP contribution in [0, 0.1) is 4.77 Å². The molecule has 0 amide bonds. The summed E-state index contributed by atoms with van der Waals surface area (Å²) in [6, 6.07) is 16.4. The van der Waals surface area contributed by atoms with Crippen LogP contribution in [0.4, 0.5) is 0 Å². The maximum atomic E-state index is 10.4. The zero-order valence-electron chi connectivity index (χ0n) is 13.5. The predicted molar refractivity (Wildman–Crippen MR) is 101 cm³/mol. The normalized spacial score (nSPS) is 11.1. The fourth-order valence-corrected chi connectivity index (χ4v) is 3.26. The molecule has 0 atom stereocenters. The van der Waals surface area contributed by atoms with E-state index in [4.69, 9.17) is 12.2 Å². The molecule has 0 aliphatic carbocycles. The summed E-state index contributed by atoms with van der Waals surface area (Å²) in [5.41, 5.74) is 1.35. The van der Waals surface area contributed by atoms with Gasteiger partial charge in [0, 0.05) is 10.9 Å². The average molecular weight is 365 g/mol. The van der Waals surface area contributed by atoms with Gasteiger partial charge in [0.25, 0.3) is 0 Å². The maximum absolute atomic E-state index is 10.4. The summed E-state index contributed by atoms with van der Waals surface area (Å²) in [5, 5.41) is 38.7. The van der Waals surface area contributed by atoms with E-state index in [-0.39, 0.29) is 23.7 Å². The summed E-state index contributed by atoms with van der Waals surface area (Å²) in [7, 11) is 0. The van der Waals surface area contributed by atoms with Gasteiger partial charge in [-0.1, -0.05) is 36.4 Å². The molecule has 6 nitrogen and oxygen atoms in total. The molecule has 0 aliphatic heterocycles. The van der Waals surface area contributed by atoms with Crippen LogP contribution in [0.15, 0.2) is 54.6 Å². The van der Waals surface area contributed by atoms with Crippen LogP contribution < -0.4 is 0 Å². The molecule has 0 radical (unpaired) electrons. The molecule has 4 aromatic rings. The van der Waals surface area contributed by atoms with E-state index < -0.39 is 0 Å². The molecule has 0 saturated carbocycles. The number of aromatic nitrogens is 3. The van der Waals surface area contributed by atoms with Gasteiger partial charge in [-0.2, -0.15) is 5.10 Å². The summed E-state index contributed by atoms with van der Waals surface area (Å²) in [5.74, 6) is 0.129. The van der Waals surface area contributed by atoms with E-state index in [9.17, 15) is 15.3 Å². The molecule has 26 heavy (non-hydrogen) atoms. The van der Waals surface area contributed by atoms with Gasteiger partial charge in [0.05, 0.1) is 17.9 Å². The summed E-state index contributed by atoms with van der Waals surface area (Å²) in [6.45, 7) is -0.379. The Morgan fingerprint density at radius 2 is 1.77 bits per heavy atom. The van der Waals surface area contributed by atoms with E-state index in [2.05, 4.69) is 10.2 Å². The number of H-pyrrole nitrogens is 1. The van der Waals surface area contributed by atoms with E-state index in [0.29, 0.717) is 16.2 Å². The minimum absolute atomic E-state index is 0.109. The Morgan fingerprint density at radius 1 is 1.00 bits per heavy atom. The number of hydrogen-bond donors (Lipinski definition) is 4. The molecule has 3 aromatic carbocycles. The van der Waals surface area contributed by atoms with Crippen molar-refractivity contribution in [2.24, 2.45) is 0 Å². The summed E-state index contributed by atoms with van der Waals surface area (Å²) in [4.78, 5) is 0. The number of aliphatic hydroxyl groups excluding tert-OH is 1. The van der Waals surface area contributed by atoms with Crippen molar-refractivity contribution in [3.8, 4) is 28.6 Å². The van der Waals surface area contributed by atoms with E-state index in [1.54, 1.807) is 4.57 Å². The summed E-state index contributed by atoms with van der Waals surface area (Å²) >= 11 is 5.40. The number of benzene rings is 3. The molecule has 130 valence electrons. The minimum Gasteiger partial charge on any atom is -0.508 e. The highest BCUT2D eigenvalue weighted by atomic mass is 32.1. The molecule has 4 rings (SSSR count). The van der Waals surface area contributed by atoms with Crippen molar-refractivity contribution < 1.29 is 15.3 Å². The number of phenols is 2. The fourth-order valence-electron chi connectivity index (χ4n) is 3.03. The van der Waals surface area contributed by atoms with Crippen molar-refractivity contribution in [1.82, 2.24) is 14.8 Å². The lowest BCUT2D eigenvalue weighted by Crippen LogP contribution is -1.99. The van der Waals surface area contributed by atoms with Gasteiger partial charge >= 0.3 is 0 Å². The largest absolute Gasteiger partial charge is 0.508 e. The molecule has 1 aromatic heterocycles. The SMILES string of the molecule is OCc1cc(O)c(-c2n[nH]c(=S)n2-c2cccc3ccccc23)cc1O. The smallest absolute Gasteiger partial charge is 0.200 e. The highest BCUT2D eigenvalue weighted by Gasteiger charge is 2.18. The molecule has 0 spiro atoms. The van der Waals surface area contributed by atoms with Crippen LogP contribution >= 0.6 is 12.2 Å². The first-order chi connectivity index (χ1) is 12.6. The Balaban J connectivity index is 2.01. The van der Waals surface area contributed by atoms with Crippen LogP contribution in [0.1, 0.15) is 5.56 Å². The van der Waals surface area contributed by atoms with Gasteiger partial charge in [0.2, 0.25) is 0 Å². The number of aliphatic hydroxyl groups is 1. The number of nitrogens with zero attached hydrogens (tertiary/aromatic N) is 2. The van der Waals surface area contributed by atoms with E-state index in [1.807, 2.05) is 42.5 Å². The number of phenolic OH excluding ortho intramolecular Hbond substituents is 1. The molecule has 0 fully saturated rings. The van der Waals surface area contributed by atoms with E-state index >= 15 is 0 Å². The second-order valence-corrected chi connectivity index (χ2v) is 6.23. The third-order valence-corrected chi connectivity index (χ3v) is 4.56. The van der Waals surface area contributed by atoms with Crippen LogP contribution in [0.25, 0.3) is 27.8 Å². The molecule has 0 aliphatic rings. The Bertz CT molecular complexity index is 1180. The Labute approximate surface area is 153 Å². The molecular formula is C19H15N3O3S. The Kier molecular flexibility index (Phi) is 3.95. The van der Waals surface area contributed by atoms with Crippen LogP contribution in [-0.2, 0) is 6.61 Å². The number of fused-ring (bicyclic) bond motifs is 1. The van der Waals surface area contributed by atoms with Crippen LogP contribution in [-0.4, -0.2) is 30.1 Å². The molecular weight excluding hydrogens is 350 g/mol. The lowest BCUT2D eigenvalue weighted by atomic mass is 10.1. The van der Waals surface area contributed by atoms with Gasteiger partial charge in [-0.15, -0.1) is 0 Å². The topological polar surface area (TPSA) is 94.3 Å². The van der Waals surface area contributed by atoms with Crippen LogP contribution in [0.5, 0.6) is 11.5 Å². The Hall–Kier alpha value is -3.16. The van der Waals surface area contributed by atoms with Crippen LogP contribution in [0.3, 0.4) is 0 Å². The number of hydrogen-bond acceptors (Lipinski definition) is 5. The highest BCUT2D eigenvalue weighted by molar-refractivity contribution is 7.71. The number of rotatable bonds is 3. The standard InChI is InChI=1S/C19H15N3O3S/c23-10-12-8-17(25)14(9-16(12)24)18-20-21-19(26)22(18)15-7-3-5-11-4-1-2-6-13(11)15/h1-9,23-25H,10H2,(H,21,26). The third kappa shape index (κ3) is 2.54. The van der Waals surface area contributed by atoms with E-state index in [1.165, 1.54) is 12.1 Å². The van der Waals surface area contributed by atoms with Gasteiger partial charge in [-0.25, -0.2) is 0 Å². The van der Waals surface area contributed by atoms with Gasteiger partial charge in [0.15, 0.2) is 10.6 Å². The third-order valence-electron chi connectivity index (χ3n) is 4.29. The number of nitrogens with one attached hydrogen (secondary N) is 1. The number of aromatic hydroxyl groups is 2. The van der Waals surface area contributed by atoms with Crippen molar-refractivity contribution in [1.29, 1.82) is 0 Å². The van der Waals surface area contributed by atoms with Gasteiger partial charge in [-0.3, -0.25) is 9.67 Å². The molecule has 1 heterocycles. The van der Waals surface area contributed by atoms with Crippen molar-refractivity contribution in [3.63, 3.8) is 0 Å². The Morgan fingerprint density at radius 3 is 2.58 bits per heavy atom. The van der Waals surface area contributed by atoms with Crippen molar-refractivity contribution in [2.45, 2.75) is 6.61 Å². The first kappa shape index (κ1) is 16.3. The molecule has 0 unspecified atom stereocenters. The quantitative estimate of drug-likeness (QED) is 0.328. The number of aromatic amines is 1. The molecule has 0 bridgehead atoms. The van der Waals surface area contributed by atoms with Gasteiger partial charge in [-0.05, 0) is 35.8 Å². The zero-order chi connectivity index (χ0) is 18.3. The van der Waals surface area contributed by atoms with Crippen molar-refractivity contribution in [3.05, 3.63) is 64.9 Å². The highest BCUT2D eigenvalue weighted by Crippen LogP contribution is 2.36. The first-order valence-electron chi connectivity index (χ1n) is 7.92. The minimum atomic E-state index is -0.379. The van der Waals surface area contributed by atoms with E-state index in [0.717, 1.165) is 16.5 Å². The van der Waals surface area contributed by atoms with Gasteiger partial charge in [0.1, 0.15) is 11.5 Å². The second kappa shape index (κ2) is 6.29. The molecule has 4 N–H and O–H groups in total. The first-order valence-corrected chi connectivity index (χ1v) is 8.32. The lowest BCUT2D eigenvalue weighted by Gasteiger charge is -2.12. The monoisotopic (exact) mass is 365 g/mol. The van der Waals surface area contributed by atoms with Gasteiger partial charge < -0.3 is 15.3 Å². The lowest BCUT2D eigenvalue weighted by molar-refractivity contribution is 0.275. The predicted octanol–water partition coefficient (Wildman–Crippen LogP) is 3.65. The summed E-state index contributed by atoms with van der Waals surface area (Å²) < 4.78 is 2.08. The van der Waals surface area contributed by atoms with Crippen molar-refractivity contribution >= 4 is 23.0 Å². The maximum Gasteiger partial charge on any atom is 0.200 e. The molecule has 0 saturated heterocycles. The molecule has 7 heteroatoms. The van der Waals surface area contributed by atoms with Crippen LogP contribution in [0.2, 0.25) is 0 Å². The second-order valence-electron chi connectivity index (χ2n) is 5.84. The average Bonchev–Trinajstić information content (AvgIpc) is 3.03. The fraction of sp³-hybridized carbons (Fsp3) is 0.0526. The summed E-state index contributed by atoms with van der Waals surface area (Å²) in [6.07, 6.45) is 0.